The first kappa shape index (κ1) is 15.8. The molecular formula is C13H20F2N2O2. The smallest absolute Gasteiger partial charge is 0.387 e. The molecular weight excluding hydrogens is 254 g/mol. The normalized spacial score (nSPS) is 13.0. The van der Waals surface area contributed by atoms with Gasteiger partial charge in [0.25, 0.3) is 0 Å². The summed E-state index contributed by atoms with van der Waals surface area (Å²) >= 11 is 0. The van der Waals surface area contributed by atoms with Gasteiger partial charge in [-0.05, 0) is 20.2 Å². The molecule has 1 atom stereocenters. The van der Waals surface area contributed by atoms with Gasteiger partial charge in [-0.1, -0.05) is 18.2 Å². The number of ether oxygens (including phenoxy) is 1. The fraction of sp³-hybridized carbons (Fsp3) is 0.538. The van der Waals surface area contributed by atoms with Crippen LogP contribution in [0.2, 0.25) is 0 Å². The van der Waals surface area contributed by atoms with E-state index in [4.69, 9.17) is 0 Å². The predicted molar refractivity (Wildman–Crippen MR) is 69.3 cm³/mol. The van der Waals surface area contributed by atoms with Gasteiger partial charge in [0.2, 0.25) is 0 Å². The van der Waals surface area contributed by atoms with Gasteiger partial charge in [-0.15, -0.1) is 0 Å². The summed E-state index contributed by atoms with van der Waals surface area (Å²) in [5, 5.41) is 12.7. The molecule has 0 radical (unpaired) electrons. The molecule has 4 nitrogen and oxygen atoms in total. The lowest BCUT2D eigenvalue weighted by atomic mass is 10.2. The van der Waals surface area contributed by atoms with Gasteiger partial charge in [0.15, 0.2) is 0 Å². The van der Waals surface area contributed by atoms with Crippen molar-refractivity contribution in [3.8, 4) is 5.75 Å². The highest BCUT2D eigenvalue weighted by molar-refractivity contribution is 5.33. The van der Waals surface area contributed by atoms with Crippen LogP contribution in [0.15, 0.2) is 24.3 Å². The zero-order valence-corrected chi connectivity index (χ0v) is 11.1. The van der Waals surface area contributed by atoms with E-state index in [1.54, 1.807) is 18.2 Å². The maximum absolute atomic E-state index is 12.2. The zero-order chi connectivity index (χ0) is 14.3. The molecule has 0 aliphatic carbocycles. The number of likely N-dealkylation sites (N-methyl/N-ethyl adjacent to an activating group) is 1. The molecule has 0 saturated heterocycles. The summed E-state index contributed by atoms with van der Waals surface area (Å²) < 4.78 is 28.8. The number of aliphatic hydroxyl groups is 1. The van der Waals surface area contributed by atoms with Crippen LogP contribution in [0.3, 0.4) is 0 Å². The van der Waals surface area contributed by atoms with Crippen molar-refractivity contribution in [1.82, 2.24) is 10.2 Å². The molecule has 0 aliphatic rings. The number of aliphatic hydroxyl groups excluding tert-OH is 1. The lowest BCUT2D eigenvalue weighted by molar-refractivity contribution is -0.0505. The van der Waals surface area contributed by atoms with E-state index in [1.165, 1.54) is 6.07 Å². The summed E-state index contributed by atoms with van der Waals surface area (Å²) in [6.07, 6.45) is -0.502. The minimum atomic E-state index is -2.83. The second kappa shape index (κ2) is 8.04. The van der Waals surface area contributed by atoms with Crippen LogP contribution in [0.5, 0.6) is 5.75 Å². The Kier molecular flexibility index (Phi) is 6.69. The average molecular weight is 274 g/mol. The molecule has 0 amide bonds. The third-order valence-corrected chi connectivity index (χ3v) is 2.46. The molecule has 0 aromatic heterocycles. The first-order chi connectivity index (χ1) is 8.99. The Balaban J connectivity index is 2.44. The second-order valence-corrected chi connectivity index (χ2v) is 4.53. The number of para-hydroxylation sites is 1. The molecule has 0 heterocycles. The molecule has 0 aliphatic heterocycles. The van der Waals surface area contributed by atoms with E-state index in [0.29, 0.717) is 25.2 Å². The first-order valence-corrected chi connectivity index (χ1v) is 6.05. The Morgan fingerprint density at radius 1 is 1.32 bits per heavy atom. The quantitative estimate of drug-likeness (QED) is 0.750. The molecule has 0 bridgehead atoms. The summed E-state index contributed by atoms with van der Waals surface area (Å²) in [5.74, 6) is 0.159. The van der Waals surface area contributed by atoms with Gasteiger partial charge in [0.1, 0.15) is 5.75 Å². The van der Waals surface area contributed by atoms with Gasteiger partial charge in [-0.25, -0.2) is 0 Å². The van der Waals surface area contributed by atoms with Gasteiger partial charge in [-0.3, -0.25) is 0 Å². The van der Waals surface area contributed by atoms with E-state index in [2.05, 4.69) is 10.1 Å². The predicted octanol–water partition coefficient (Wildman–Crippen LogP) is 1.30. The molecule has 19 heavy (non-hydrogen) atoms. The minimum absolute atomic E-state index is 0.159. The number of alkyl halides is 2. The maximum Gasteiger partial charge on any atom is 0.387 e. The van der Waals surface area contributed by atoms with Crippen molar-refractivity contribution in [2.24, 2.45) is 0 Å². The van der Waals surface area contributed by atoms with E-state index < -0.39 is 12.7 Å². The van der Waals surface area contributed by atoms with E-state index in [9.17, 15) is 13.9 Å². The van der Waals surface area contributed by atoms with E-state index >= 15 is 0 Å². The van der Waals surface area contributed by atoms with Gasteiger partial charge in [-0.2, -0.15) is 8.78 Å². The van der Waals surface area contributed by atoms with E-state index in [0.717, 1.165) is 0 Å². The lowest BCUT2D eigenvalue weighted by Crippen LogP contribution is -2.34. The van der Waals surface area contributed by atoms with Crippen molar-refractivity contribution < 1.29 is 18.6 Å². The molecule has 1 rings (SSSR count). The summed E-state index contributed by atoms with van der Waals surface area (Å²) in [6, 6.07) is 6.61. The number of halogens is 2. The van der Waals surface area contributed by atoms with Crippen molar-refractivity contribution in [2.75, 3.05) is 27.2 Å². The first-order valence-electron chi connectivity index (χ1n) is 6.05. The third kappa shape index (κ3) is 6.47. The molecule has 1 aromatic carbocycles. The van der Waals surface area contributed by atoms with Crippen molar-refractivity contribution in [3.05, 3.63) is 29.8 Å². The van der Waals surface area contributed by atoms with E-state index in [-0.39, 0.29) is 5.75 Å². The van der Waals surface area contributed by atoms with Crippen LogP contribution in [-0.2, 0) is 6.54 Å². The molecule has 0 spiro atoms. The Morgan fingerprint density at radius 2 is 2.00 bits per heavy atom. The van der Waals surface area contributed by atoms with Crippen LogP contribution in [-0.4, -0.2) is 49.9 Å². The summed E-state index contributed by atoms with van der Waals surface area (Å²) in [5.41, 5.74) is 0.639. The van der Waals surface area contributed by atoms with Crippen molar-refractivity contribution in [3.63, 3.8) is 0 Å². The second-order valence-electron chi connectivity index (χ2n) is 4.53. The molecule has 1 aromatic rings. The topological polar surface area (TPSA) is 44.7 Å². The molecule has 108 valence electrons. The Bertz CT molecular complexity index is 375. The SMILES string of the molecule is CN(C)CC(O)CNCc1ccccc1OC(F)F. The average Bonchev–Trinajstić information content (AvgIpc) is 2.29. The molecule has 2 N–H and O–H groups in total. The molecule has 0 saturated carbocycles. The van der Waals surface area contributed by atoms with Crippen LogP contribution in [0.1, 0.15) is 5.56 Å². The van der Waals surface area contributed by atoms with Gasteiger partial charge in [0, 0.05) is 25.2 Å². The van der Waals surface area contributed by atoms with Crippen LogP contribution in [0, 0.1) is 0 Å². The summed E-state index contributed by atoms with van der Waals surface area (Å²) in [6.45, 7) is -1.53. The lowest BCUT2D eigenvalue weighted by Gasteiger charge is -2.17. The highest BCUT2D eigenvalue weighted by Gasteiger charge is 2.10. The fourth-order valence-electron chi connectivity index (χ4n) is 1.72. The Hall–Kier alpha value is -1.24. The standard InChI is InChI=1S/C13H20F2N2O2/c1-17(2)9-11(18)8-16-7-10-5-3-4-6-12(10)19-13(14)15/h3-6,11,13,16,18H,7-9H2,1-2H3. The van der Waals surface area contributed by atoms with Crippen molar-refractivity contribution in [1.29, 1.82) is 0 Å². The van der Waals surface area contributed by atoms with Crippen molar-refractivity contribution in [2.45, 2.75) is 19.3 Å². The Labute approximate surface area is 112 Å². The largest absolute Gasteiger partial charge is 0.434 e. The molecule has 6 heteroatoms. The van der Waals surface area contributed by atoms with Gasteiger partial charge in [0.05, 0.1) is 6.10 Å². The number of nitrogens with one attached hydrogen (secondary N) is 1. The van der Waals surface area contributed by atoms with Gasteiger partial charge < -0.3 is 20.1 Å². The third-order valence-electron chi connectivity index (χ3n) is 2.46. The molecule has 0 fully saturated rings. The van der Waals surface area contributed by atoms with Crippen LogP contribution in [0.25, 0.3) is 0 Å². The number of benzene rings is 1. The summed E-state index contributed by atoms with van der Waals surface area (Å²) in [4.78, 5) is 1.88. The highest BCUT2D eigenvalue weighted by atomic mass is 19.3. The highest BCUT2D eigenvalue weighted by Crippen LogP contribution is 2.19. The molecule has 1 unspecified atom stereocenters. The zero-order valence-electron chi connectivity index (χ0n) is 11.1. The number of nitrogens with zero attached hydrogens (tertiary/aromatic N) is 1. The number of hydrogen-bond donors (Lipinski definition) is 2. The maximum atomic E-state index is 12.2. The number of rotatable bonds is 8. The summed E-state index contributed by atoms with van der Waals surface area (Å²) in [7, 11) is 3.74. The number of hydrogen-bond acceptors (Lipinski definition) is 4. The minimum Gasteiger partial charge on any atom is -0.434 e. The van der Waals surface area contributed by atoms with Crippen molar-refractivity contribution >= 4 is 0 Å². The van der Waals surface area contributed by atoms with E-state index in [1.807, 2.05) is 19.0 Å². The van der Waals surface area contributed by atoms with Crippen LogP contribution in [0.4, 0.5) is 8.78 Å². The van der Waals surface area contributed by atoms with Crippen LogP contribution < -0.4 is 10.1 Å². The van der Waals surface area contributed by atoms with Crippen LogP contribution >= 0.6 is 0 Å². The monoisotopic (exact) mass is 274 g/mol. The fourth-order valence-corrected chi connectivity index (χ4v) is 1.72. The Morgan fingerprint density at radius 3 is 2.63 bits per heavy atom. The van der Waals surface area contributed by atoms with Gasteiger partial charge >= 0.3 is 6.61 Å².